The molecule has 1 aromatic heterocycles. The second-order valence-electron chi connectivity index (χ2n) is 1.90. The van der Waals surface area contributed by atoms with E-state index in [1.807, 2.05) is 6.92 Å². The van der Waals surface area contributed by atoms with Crippen LogP contribution >= 0.6 is 0 Å². The molecule has 54 valence electrons. The van der Waals surface area contributed by atoms with Crippen molar-refractivity contribution in [3.8, 4) is 5.88 Å². The third-order valence-electron chi connectivity index (χ3n) is 1.20. The van der Waals surface area contributed by atoms with Crippen molar-refractivity contribution in [3.05, 3.63) is 22.2 Å². The van der Waals surface area contributed by atoms with Gasteiger partial charge in [0.1, 0.15) is 0 Å². The highest BCUT2D eigenvalue weighted by atomic mass is 16.3. The van der Waals surface area contributed by atoms with Gasteiger partial charge < -0.3 is 10.1 Å². The number of aromatic nitrogens is 2. The minimum atomic E-state index is -0.283. The predicted molar refractivity (Wildman–Crippen MR) is 35.9 cm³/mol. The first-order chi connectivity index (χ1) is 4.74. The predicted octanol–water partition coefficient (Wildman–Crippen LogP) is 0.0379. The van der Waals surface area contributed by atoms with Crippen LogP contribution in [0.3, 0.4) is 0 Å². The van der Waals surface area contributed by atoms with Crippen LogP contribution in [0.2, 0.25) is 0 Å². The maximum absolute atomic E-state index is 10.6. The highest BCUT2D eigenvalue weighted by molar-refractivity contribution is 5.14. The molecule has 1 aromatic rings. The molecule has 2 N–H and O–H groups in total. The van der Waals surface area contributed by atoms with E-state index in [2.05, 4.69) is 9.97 Å². The van der Waals surface area contributed by atoms with E-state index in [-0.39, 0.29) is 11.4 Å². The van der Waals surface area contributed by atoms with Crippen LogP contribution in [0.25, 0.3) is 0 Å². The molecule has 4 nitrogen and oxygen atoms in total. The first-order valence-electron chi connectivity index (χ1n) is 3.01. The Balaban J connectivity index is 3.22. The van der Waals surface area contributed by atoms with E-state index < -0.39 is 0 Å². The molecule has 0 aliphatic carbocycles. The van der Waals surface area contributed by atoms with Crippen LogP contribution < -0.4 is 5.56 Å². The Morgan fingerprint density at radius 1 is 1.80 bits per heavy atom. The molecule has 0 unspecified atom stereocenters. The van der Waals surface area contributed by atoms with Gasteiger partial charge >= 0.3 is 0 Å². The average molecular weight is 140 g/mol. The van der Waals surface area contributed by atoms with Crippen molar-refractivity contribution >= 4 is 0 Å². The smallest absolute Gasteiger partial charge is 0.266 e. The lowest BCUT2D eigenvalue weighted by molar-refractivity contribution is 0.441. The van der Waals surface area contributed by atoms with E-state index in [1.165, 1.54) is 0 Å². The quantitative estimate of drug-likeness (QED) is 0.578. The topological polar surface area (TPSA) is 66.0 Å². The van der Waals surface area contributed by atoms with E-state index in [9.17, 15) is 4.79 Å². The largest absolute Gasteiger partial charge is 0.492 e. The average Bonchev–Trinajstić information content (AvgIpc) is 1.94. The number of nitrogens with zero attached hydrogens (tertiary/aromatic N) is 1. The van der Waals surface area contributed by atoms with Gasteiger partial charge in [-0.05, 0) is 6.42 Å². The number of rotatable bonds is 1. The fraction of sp³-hybridized carbons (Fsp3) is 0.333. The summed E-state index contributed by atoms with van der Waals surface area (Å²) < 4.78 is 0. The highest BCUT2D eigenvalue weighted by Crippen LogP contribution is 2.05. The normalized spacial score (nSPS) is 9.70. The van der Waals surface area contributed by atoms with Gasteiger partial charge in [0, 0.05) is 0 Å². The zero-order valence-corrected chi connectivity index (χ0v) is 5.59. The number of aromatic amines is 1. The van der Waals surface area contributed by atoms with Crippen LogP contribution in [0.5, 0.6) is 5.88 Å². The van der Waals surface area contributed by atoms with Gasteiger partial charge in [0.25, 0.3) is 5.56 Å². The van der Waals surface area contributed by atoms with Crippen molar-refractivity contribution in [1.29, 1.82) is 0 Å². The summed E-state index contributed by atoms with van der Waals surface area (Å²) in [6, 6.07) is 0. The summed E-state index contributed by atoms with van der Waals surface area (Å²) in [5, 5.41) is 8.95. The van der Waals surface area contributed by atoms with Crippen LogP contribution in [0.1, 0.15) is 12.6 Å². The Bertz CT molecular complexity index is 279. The summed E-state index contributed by atoms with van der Waals surface area (Å²) >= 11 is 0. The number of hydrogen-bond acceptors (Lipinski definition) is 3. The van der Waals surface area contributed by atoms with Gasteiger partial charge in [-0.25, -0.2) is 4.98 Å². The molecule has 0 bridgehead atoms. The van der Waals surface area contributed by atoms with E-state index in [0.29, 0.717) is 12.1 Å². The lowest BCUT2D eigenvalue weighted by Gasteiger charge is -1.96. The molecule has 0 amide bonds. The van der Waals surface area contributed by atoms with Gasteiger partial charge in [-0.15, -0.1) is 0 Å². The van der Waals surface area contributed by atoms with Crippen molar-refractivity contribution in [2.75, 3.05) is 0 Å². The van der Waals surface area contributed by atoms with Gasteiger partial charge in [-0.3, -0.25) is 4.79 Å². The van der Waals surface area contributed by atoms with Crippen molar-refractivity contribution in [3.63, 3.8) is 0 Å². The molecule has 0 aliphatic heterocycles. The van der Waals surface area contributed by atoms with E-state index in [4.69, 9.17) is 5.11 Å². The number of hydrogen-bond donors (Lipinski definition) is 2. The van der Waals surface area contributed by atoms with Crippen LogP contribution in [0, 0.1) is 0 Å². The summed E-state index contributed by atoms with van der Waals surface area (Å²) in [4.78, 5) is 16.5. The lowest BCUT2D eigenvalue weighted by Crippen LogP contribution is -2.08. The van der Waals surface area contributed by atoms with Crippen molar-refractivity contribution < 1.29 is 5.11 Å². The molecule has 0 spiro atoms. The molecule has 0 aromatic carbocycles. The Labute approximate surface area is 57.6 Å². The Kier molecular flexibility index (Phi) is 1.71. The summed E-state index contributed by atoms with van der Waals surface area (Å²) in [5.41, 5.74) is 0.196. The second kappa shape index (κ2) is 2.51. The standard InChI is InChI=1S/C6H8N2O2/c1-2-4-6(10)7-3-5(9)8-4/h3H,2H2,1H3,(H,7,10)(H,8,9). The van der Waals surface area contributed by atoms with Crippen molar-refractivity contribution in [1.82, 2.24) is 9.97 Å². The maximum atomic E-state index is 10.6. The minimum Gasteiger partial charge on any atom is -0.492 e. The molecule has 0 saturated carbocycles. The Morgan fingerprint density at radius 3 is 3.00 bits per heavy atom. The molecule has 1 rings (SSSR count). The second-order valence-corrected chi connectivity index (χ2v) is 1.90. The number of aromatic hydroxyl groups is 1. The lowest BCUT2D eigenvalue weighted by atomic mass is 10.3. The summed E-state index contributed by atoms with van der Waals surface area (Å²) in [6.45, 7) is 1.83. The molecule has 0 aliphatic rings. The molecule has 0 atom stereocenters. The van der Waals surface area contributed by atoms with Gasteiger partial charge in [0.05, 0.1) is 11.9 Å². The van der Waals surface area contributed by atoms with Crippen LogP contribution in [0.4, 0.5) is 0 Å². The van der Waals surface area contributed by atoms with E-state index in [0.717, 1.165) is 6.20 Å². The fourth-order valence-electron chi connectivity index (χ4n) is 0.681. The van der Waals surface area contributed by atoms with Crippen LogP contribution in [0.15, 0.2) is 11.0 Å². The van der Waals surface area contributed by atoms with Gasteiger partial charge in [0.15, 0.2) is 0 Å². The molecule has 4 heteroatoms. The van der Waals surface area contributed by atoms with Gasteiger partial charge in [-0.1, -0.05) is 6.92 Å². The Morgan fingerprint density at radius 2 is 2.50 bits per heavy atom. The minimum absolute atomic E-state index is 0.0953. The maximum Gasteiger partial charge on any atom is 0.266 e. The van der Waals surface area contributed by atoms with E-state index in [1.54, 1.807) is 0 Å². The molecular weight excluding hydrogens is 132 g/mol. The zero-order chi connectivity index (χ0) is 7.56. The first kappa shape index (κ1) is 6.80. The first-order valence-corrected chi connectivity index (χ1v) is 3.01. The zero-order valence-electron chi connectivity index (χ0n) is 5.59. The highest BCUT2D eigenvalue weighted by Gasteiger charge is 1.98. The third kappa shape index (κ3) is 1.15. The molecular formula is C6H8N2O2. The molecule has 10 heavy (non-hydrogen) atoms. The fourth-order valence-corrected chi connectivity index (χ4v) is 0.681. The van der Waals surface area contributed by atoms with Gasteiger partial charge in [-0.2, -0.15) is 0 Å². The van der Waals surface area contributed by atoms with Gasteiger partial charge in [0.2, 0.25) is 5.88 Å². The SMILES string of the molecule is CCc1[nH]c(=O)cnc1O. The molecule has 0 radical (unpaired) electrons. The van der Waals surface area contributed by atoms with Crippen molar-refractivity contribution in [2.24, 2.45) is 0 Å². The van der Waals surface area contributed by atoms with E-state index >= 15 is 0 Å². The van der Waals surface area contributed by atoms with Crippen LogP contribution in [-0.4, -0.2) is 15.1 Å². The van der Waals surface area contributed by atoms with Crippen LogP contribution in [-0.2, 0) is 6.42 Å². The Hall–Kier alpha value is -1.32. The van der Waals surface area contributed by atoms with Crippen molar-refractivity contribution in [2.45, 2.75) is 13.3 Å². The number of H-pyrrole nitrogens is 1. The summed E-state index contributed by atoms with van der Waals surface area (Å²) in [7, 11) is 0. The monoisotopic (exact) mass is 140 g/mol. The summed E-state index contributed by atoms with van der Waals surface area (Å²) in [6.07, 6.45) is 1.63. The summed E-state index contributed by atoms with van der Waals surface area (Å²) in [5.74, 6) is -0.0953. The number of aryl methyl sites for hydroxylation is 1. The molecule has 0 saturated heterocycles. The molecule has 1 heterocycles. The molecule has 0 fully saturated rings. The third-order valence-corrected chi connectivity index (χ3v) is 1.20. The number of nitrogens with one attached hydrogen (secondary N) is 1.